The molecule has 0 N–H and O–H groups in total. The zero-order chi connectivity index (χ0) is 9.30. The van der Waals surface area contributed by atoms with Crippen molar-refractivity contribution in [3.63, 3.8) is 0 Å². The van der Waals surface area contributed by atoms with Gasteiger partial charge in [0.15, 0.2) is 5.82 Å². The van der Waals surface area contributed by atoms with Gasteiger partial charge in [0.2, 0.25) is 0 Å². The SMILES string of the molecule is Fc1c(C(F)F)ncc(Cl)c1Br. The molecule has 0 atom stereocenters. The van der Waals surface area contributed by atoms with Crippen LogP contribution >= 0.6 is 27.5 Å². The molecule has 0 spiro atoms. The summed E-state index contributed by atoms with van der Waals surface area (Å²) < 4.78 is 36.6. The van der Waals surface area contributed by atoms with Crippen molar-refractivity contribution in [2.75, 3.05) is 0 Å². The van der Waals surface area contributed by atoms with Crippen LogP contribution in [0.4, 0.5) is 13.2 Å². The Bertz CT molecular complexity index is 305. The monoisotopic (exact) mass is 259 g/mol. The minimum absolute atomic E-state index is 0.0306. The lowest BCUT2D eigenvalue weighted by molar-refractivity contribution is 0.140. The number of rotatable bonds is 1. The lowest BCUT2D eigenvalue weighted by Gasteiger charge is -2.02. The smallest absolute Gasteiger partial charge is 0.251 e. The second-order valence-corrected chi connectivity index (χ2v) is 3.12. The minimum atomic E-state index is -2.93. The van der Waals surface area contributed by atoms with Gasteiger partial charge in [-0.1, -0.05) is 11.6 Å². The van der Waals surface area contributed by atoms with Gasteiger partial charge in [-0.05, 0) is 15.9 Å². The Labute approximate surface area is 79.7 Å². The maximum absolute atomic E-state index is 12.8. The average molecular weight is 260 g/mol. The molecule has 6 heteroatoms. The van der Waals surface area contributed by atoms with Crippen molar-refractivity contribution in [2.24, 2.45) is 0 Å². The maximum atomic E-state index is 12.8. The molecule has 0 bridgehead atoms. The molecular formula is C6H2BrClF3N. The van der Waals surface area contributed by atoms with Gasteiger partial charge >= 0.3 is 0 Å². The van der Waals surface area contributed by atoms with Crippen molar-refractivity contribution >= 4 is 27.5 Å². The zero-order valence-electron chi connectivity index (χ0n) is 5.49. The molecule has 1 aromatic rings. The molecule has 66 valence electrons. The van der Waals surface area contributed by atoms with Gasteiger partial charge in [-0.25, -0.2) is 13.2 Å². The summed E-state index contributed by atoms with van der Waals surface area (Å²) in [5.74, 6) is -1.11. The van der Waals surface area contributed by atoms with E-state index in [1.54, 1.807) is 0 Å². The molecular weight excluding hydrogens is 258 g/mol. The molecule has 1 nitrogen and oxygen atoms in total. The molecule has 1 rings (SSSR count). The van der Waals surface area contributed by atoms with Gasteiger partial charge < -0.3 is 0 Å². The summed E-state index contributed by atoms with van der Waals surface area (Å²) in [6.45, 7) is 0. The van der Waals surface area contributed by atoms with E-state index >= 15 is 0 Å². The molecule has 0 aliphatic heterocycles. The van der Waals surface area contributed by atoms with Gasteiger partial charge in [0.05, 0.1) is 9.50 Å². The summed E-state index contributed by atoms with van der Waals surface area (Å²) >= 11 is 8.11. The summed E-state index contributed by atoms with van der Waals surface area (Å²) in [7, 11) is 0. The van der Waals surface area contributed by atoms with Gasteiger partial charge in [0.1, 0.15) is 5.69 Å². The van der Waals surface area contributed by atoms with Crippen molar-refractivity contribution in [1.82, 2.24) is 4.98 Å². The lowest BCUT2D eigenvalue weighted by atomic mass is 10.3. The first-order valence-corrected chi connectivity index (χ1v) is 3.98. The van der Waals surface area contributed by atoms with Crippen LogP contribution in [-0.4, -0.2) is 4.98 Å². The molecule has 0 aliphatic carbocycles. The van der Waals surface area contributed by atoms with Crippen LogP contribution in [0.2, 0.25) is 5.02 Å². The van der Waals surface area contributed by atoms with Gasteiger partial charge in [-0.3, -0.25) is 4.98 Å². The molecule has 1 heterocycles. The number of hydrogen-bond donors (Lipinski definition) is 0. The Hall–Kier alpha value is -0.290. The number of hydrogen-bond acceptors (Lipinski definition) is 1. The van der Waals surface area contributed by atoms with Crippen molar-refractivity contribution < 1.29 is 13.2 Å². The first-order chi connectivity index (χ1) is 5.54. The number of alkyl halides is 2. The van der Waals surface area contributed by atoms with Crippen LogP contribution in [0.3, 0.4) is 0 Å². The molecule has 12 heavy (non-hydrogen) atoms. The van der Waals surface area contributed by atoms with E-state index in [1.165, 1.54) is 0 Å². The van der Waals surface area contributed by atoms with Crippen LogP contribution in [0, 0.1) is 5.82 Å². The Morgan fingerprint density at radius 3 is 2.58 bits per heavy atom. The van der Waals surface area contributed by atoms with Crippen LogP contribution in [0.5, 0.6) is 0 Å². The molecule has 0 fully saturated rings. The van der Waals surface area contributed by atoms with Crippen LogP contribution in [0.25, 0.3) is 0 Å². The summed E-state index contributed by atoms with van der Waals surface area (Å²) in [5, 5.41) is -0.0306. The van der Waals surface area contributed by atoms with E-state index in [1.807, 2.05) is 0 Å². The first kappa shape index (κ1) is 9.80. The highest BCUT2D eigenvalue weighted by Gasteiger charge is 2.18. The second kappa shape index (κ2) is 3.62. The average Bonchev–Trinajstić information content (AvgIpc) is 2.00. The summed E-state index contributed by atoms with van der Waals surface area (Å²) in [6.07, 6.45) is -1.96. The Balaban J connectivity index is 3.27. The molecule has 0 radical (unpaired) electrons. The van der Waals surface area contributed by atoms with Crippen LogP contribution in [0.15, 0.2) is 10.7 Å². The standard InChI is InChI=1S/C6H2BrClF3N/c7-3-2(8)1-12-5(4(3)9)6(10)11/h1,6H. The summed E-state index contributed by atoms with van der Waals surface area (Å²) in [5.41, 5.74) is -0.897. The Kier molecular flexibility index (Phi) is 2.95. The van der Waals surface area contributed by atoms with Gasteiger partial charge in [-0.15, -0.1) is 0 Å². The molecule has 0 saturated carbocycles. The maximum Gasteiger partial charge on any atom is 0.283 e. The predicted octanol–water partition coefficient (Wildman–Crippen LogP) is 3.57. The topological polar surface area (TPSA) is 12.9 Å². The van der Waals surface area contributed by atoms with Gasteiger partial charge in [0.25, 0.3) is 6.43 Å². The number of pyridine rings is 1. The first-order valence-electron chi connectivity index (χ1n) is 2.81. The Morgan fingerprint density at radius 2 is 2.08 bits per heavy atom. The van der Waals surface area contributed by atoms with Crippen molar-refractivity contribution in [1.29, 1.82) is 0 Å². The van der Waals surface area contributed by atoms with Crippen LogP contribution in [-0.2, 0) is 0 Å². The summed E-state index contributed by atoms with van der Waals surface area (Å²) in [4.78, 5) is 3.15. The Morgan fingerprint density at radius 1 is 1.50 bits per heavy atom. The van der Waals surface area contributed by atoms with E-state index in [4.69, 9.17) is 11.6 Å². The zero-order valence-corrected chi connectivity index (χ0v) is 7.83. The van der Waals surface area contributed by atoms with Gasteiger partial charge in [-0.2, -0.15) is 0 Å². The highest BCUT2D eigenvalue weighted by atomic mass is 79.9. The molecule has 1 aromatic heterocycles. The van der Waals surface area contributed by atoms with E-state index in [0.29, 0.717) is 0 Å². The molecule has 0 unspecified atom stereocenters. The van der Waals surface area contributed by atoms with Gasteiger partial charge in [0, 0.05) is 6.20 Å². The second-order valence-electron chi connectivity index (χ2n) is 1.92. The highest BCUT2D eigenvalue weighted by Crippen LogP contribution is 2.30. The third kappa shape index (κ3) is 1.72. The largest absolute Gasteiger partial charge is 0.283 e. The van der Waals surface area contributed by atoms with E-state index < -0.39 is 17.9 Å². The molecule has 0 amide bonds. The summed E-state index contributed by atoms with van der Waals surface area (Å²) in [6, 6.07) is 0. The minimum Gasteiger partial charge on any atom is -0.251 e. The lowest BCUT2D eigenvalue weighted by Crippen LogP contribution is -1.96. The van der Waals surface area contributed by atoms with E-state index in [0.717, 1.165) is 6.20 Å². The van der Waals surface area contributed by atoms with Crippen molar-refractivity contribution in [2.45, 2.75) is 6.43 Å². The molecule has 0 saturated heterocycles. The van der Waals surface area contributed by atoms with Crippen LogP contribution in [0.1, 0.15) is 12.1 Å². The third-order valence-electron chi connectivity index (χ3n) is 1.15. The fourth-order valence-electron chi connectivity index (χ4n) is 0.609. The normalized spacial score (nSPS) is 10.8. The highest BCUT2D eigenvalue weighted by molar-refractivity contribution is 9.10. The van der Waals surface area contributed by atoms with E-state index in [9.17, 15) is 13.2 Å². The van der Waals surface area contributed by atoms with E-state index in [-0.39, 0.29) is 9.50 Å². The molecule has 0 aromatic carbocycles. The third-order valence-corrected chi connectivity index (χ3v) is 2.44. The van der Waals surface area contributed by atoms with Crippen molar-refractivity contribution in [3.05, 3.63) is 27.2 Å². The number of halogens is 5. The number of nitrogens with zero attached hydrogens (tertiary/aromatic N) is 1. The molecule has 0 aliphatic rings. The number of aromatic nitrogens is 1. The van der Waals surface area contributed by atoms with Crippen LogP contribution < -0.4 is 0 Å². The quantitative estimate of drug-likeness (QED) is 0.752. The van der Waals surface area contributed by atoms with Crippen molar-refractivity contribution in [3.8, 4) is 0 Å². The fraction of sp³-hybridized carbons (Fsp3) is 0.167. The van der Waals surface area contributed by atoms with E-state index in [2.05, 4.69) is 20.9 Å². The fourth-order valence-corrected chi connectivity index (χ4v) is 1.05. The predicted molar refractivity (Wildman–Crippen MR) is 41.9 cm³/mol.